The van der Waals surface area contributed by atoms with E-state index in [0.29, 0.717) is 31.0 Å². The van der Waals surface area contributed by atoms with E-state index in [4.69, 9.17) is 9.15 Å². The number of rotatable bonds is 5. The van der Waals surface area contributed by atoms with Crippen LogP contribution in [0.15, 0.2) is 40.8 Å². The molecule has 3 rings (SSSR count). The second-order valence-corrected chi connectivity index (χ2v) is 6.97. The van der Waals surface area contributed by atoms with Gasteiger partial charge in [0.15, 0.2) is 5.76 Å². The standard InChI is InChI=1S/C21H26N2O4/c1-4-18-9-10-19(27-18)20(24)22-11-16-5-7-17(8-6-16)21(25)23-12-14(2)26-15(3)13-23/h5-10,14-15H,4,11-13H2,1-3H3,(H,22,24). The van der Waals surface area contributed by atoms with Crippen molar-refractivity contribution in [1.82, 2.24) is 10.2 Å². The average molecular weight is 370 g/mol. The van der Waals surface area contributed by atoms with Crippen molar-refractivity contribution >= 4 is 11.8 Å². The third kappa shape index (κ3) is 4.77. The number of amides is 2. The van der Waals surface area contributed by atoms with Gasteiger partial charge in [0.05, 0.1) is 12.2 Å². The van der Waals surface area contributed by atoms with Crippen molar-refractivity contribution in [1.29, 1.82) is 0 Å². The normalized spacial score (nSPS) is 19.7. The molecule has 0 bridgehead atoms. The molecule has 2 heterocycles. The van der Waals surface area contributed by atoms with Gasteiger partial charge < -0.3 is 19.4 Å². The molecule has 2 aromatic rings. The number of ether oxygens (including phenoxy) is 1. The quantitative estimate of drug-likeness (QED) is 0.878. The average Bonchev–Trinajstić information content (AvgIpc) is 3.14. The Morgan fingerprint density at radius 2 is 1.74 bits per heavy atom. The van der Waals surface area contributed by atoms with Crippen LogP contribution in [0.5, 0.6) is 0 Å². The summed E-state index contributed by atoms with van der Waals surface area (Å²) < 4.78 is 11.1. The lowest BCUT2D eigenvalue weighted by Crippen LogP contribution is -2.48. The van der Waals surface area contributed by atoms with Gasteiger partial charge in [-0.25, -0.2) is 0 Å². The summed E-state index contributed by atoms with van der Waals surface area (Å²) >= 11 is 0. The molecule has 6 nitrogen and oxygen atoms in total. The minimum absolute atomic E-state index is 0.00951. The first-order chi connectivity index (χ1) is 13.0. The zero-order valence-corrected chi connectivity index (χ0v) is 16.0. The van der Waals surface area contributed by atoms with Crippen LogP contribution in [-0.4, -0.2) is 42.0 Å². The largest absolute Gasteiger partial charge is 0.456 e. The van der Waals surface area contributed by atoms with E-state index >= 15 is 0 Å². The number of nitrogens with one attached hydrogen (secondary N) is 1. The van der Waals surface area contributed by atoms with Gasteiger partial charge in [-0.1, -0.05) is 19.1 Å². The lowest BCUT2D eigenvalue weighted by atomic mass is 10.1. The fourth-order valence-corrected chi connectivity index (χ4v) is 3.25. The van der Waals surface area contributed by atoms with E-state index in [0.717, 1.165) is 17.7 Å². The lowest BCUT2D eigenvalue weighted by molar-refractivity contribution is -0.0586. The number of hydrogen-bond acceptors (Lipinski definition) is 4. The summed E-state index contributed by atoms with van der Waals surface area (Å²) in [6.45, 7) is 7.50. The van der Waals surface area contributed by atoms with Crippen LogP contribution in [0, 0.1) is 0 Å². The maximum absolute atomic E-state index is 12.7. The Balaban J connectivity index is 1.56. The number of aryl methyl sites for hydroxylation is 1. The van der Waals surface area contributed by atoms with Gasteiger partial charge >= 0.3 is 0 Å². The van der Waals surface area contributed by atoms with Crippen molar-refractivity contribution in [3.63, 3.8) is 0 Å². The van der Waals surface area contributed by atoms with Gasteiger partial charge in [-0.2, -0.15) is 0 Å². The molecule has 0 radical (unpaired) electrons. The SMILES string of the molecule is CCc1ccc(C(=O)NCc2ccc(C(=O)N3CC(C)OC(C)C3)cc2)o1. The highest BCUT2D eigenvalue weighted by Crippen LogP contribution is 2.15. The lowest BCUT2D eigenvalue weighted by Gasteiger charge is -2.35. The molecule has 1 saturated heterocycles. The van der Waals surface area contributed by atoms with E-state index in [1.165, 1.54) is 0 Å². The molecule has 144 valence electrons. The molecule has 0 saturated carbocycles. The zero-order chi connectivity index (χ0) is 19.4. The van der Waals surface area contributed by atoms with E-state index in [2.05, 4.69) is 5.32 Å². The first-order valence-corrected chi connectivity index (χ1v) is 9.36. The van der Waals surface area contributed by atoms with Gasteiger partial charge in [0.25, 0.3) is 11.8 Å². The molecular formula is C21H26N2O4. The topological polar surface area (TPSA) is 71.8 Å². The van der Waals surface area contributed by atoms with Crippen LogP contribution in [-0.2, 0) is 17.7 Å². The monoisotopic (exact) mass is 370 g/mol. The number of carbonyl (C=O) groups is 2. The van der Waals surface area contributed by atoms with Crippen molar-refractivity contribution in [2.24, 2.45) is 0 Å². The Labute approximate surface area is 159 Å². The van der Waals surface area contributed by atoms with E-state index in [1.807, 2.05) is 43.9 Å². The number of furan rings is 1. The highest BCUT2D eigenvalue weighted by Gasteiger charge is 2.26. The second-order valence-electron chi connectivity index (χ2n) is 6.97. The molecule has 1 aliphatic heterocycles. The first-order valence-electron chi connectivity index (χ1n) is 9.36. The maximum Gasteiger partial charge on any atom is 0.287 e. The summed E-state index contributed by atoms with van der Waals surface area (Å²) in [5, 5.41) is 2.83. The summed E-state index contributed by atoms with van der Waals surface area (Å²) in [4.78, 5) is 26.6. The van der Waals surface area contributed by atoms with Crippen molar-refractivity contribution < 1.29 is 18.7 Å². The summed E-state index contributed by atoms with van der Waals surface area (Å²) in [5.41, 5.74) is 1.57. The van der Waals surface area contributed by atoms with Crippen LogP contribution in [0.2, 0.25) is 0 Å². The molecular weight excluding hydrogens is 344 g/mol. The number of hydrogen-bond donors (Lipinski definition) is 1. The third-order valence-corrected chi connectivity index (χ3v) is 4.59. The van der Waals surface area contributed by atoms with Crippen LogP contribution < -0.4 is 5.32 Å². The molecule has 0 aliphatic carbocycles. The van der Waals surface area contributed by atoms with E-state index in [1.54, 1.807) is 18.2 Å². The molecule has 6 heteroatoms. The molecule has 0 spiro atoms. The third-order valence-electron chi connectivity index (χ3n) is 4.59. The Hall–Kier alpha value is -2.60. The Bertz CT molecular complexity index is 787. The fraction of sp³-hybridized carbons (Fsp3) is 0.429. The fourth-order valence-electron chi connectivity index (χ4n) is 3.25. The highest BCUT2D eigenvalue weighted by molar-refractivity contribution is 5.94. The molecule has 2 unspecified atom stereocenters. The van der Waals surface area contributed by atoms with Crippen molar-refractivity contribution in [2.45, 2.75) is 45.9 Å². The summed E-state index contributed by atoms with van der Waals surface area (Å²) in [6.07, 6.45) is 0.840. The predicted molar refractivity (Wildman–Crippen MR) is 102 cm³/mol. The van der Waals surface area contributed by atoms with Crippen molar-refractivity contribution in [3.8, 4) is 0 Å². The van der Waals surface area contributed by atoms with Crippen LogP contribution in [0.4, 0.5) is 0 Å². The number of carbonyl (C=O) groups excluding carboxylic acids is 2. The van der Waals surface area contributed by atoms with Gasteiger partial charge in [-0.15, -0.1) is 0 Å². The predicted octanol–water partition coefficient (Wildman–Crippen LogP) is 3.02. The number of morpholine rings is 1. The minimum atomic E-state index is -0.244. The molecule has 1 aromatic carbocycles. The van der Waals surface area contributed by atoms with Crippen LogP contribution in [0.25, 0.3) is 0 Å². The number of benzene rings is 1. The molecule has 1 aliphatic rings. The van der Waals surface area contributed by atoms with Crippen molar-refractivity contribution in [2.75, 3.05) is 13.1 Å². The molecule has 2 amide bonds. The van der Waals surface area contributed by atoms with Crippen LogP contribution in [0.3, 0.4) is 0 Å². The Morgan fingerprint density at radius 3 is 2.33 bits per heavy atom. The number of nitrogens with zero attached hydrogens (tertiary/aromatic N) is 1. The second kappa shape index (κ2) is 8.39. The van der Waals surface area contributed by atoms with E-state index in [9.17, 15) is 9.59 Å². The maximum atomic E-state index is 12.7. The molecule has 1 aromatic heterocycles. The summed E-state index contributed by atoms with van der Waals surface area (Å²) in [5.74, 6) is 0.866. The van der Waals surface area contributed by atoms with E-state index in [-0.39, 0.29) is 24.0 Å². The van der Waals surface area contributed by atoms with Crippen molar-refractivity contribution in [3.05, 3.63) is 59.0 Å². The Kier molecular flexibility index (Phi) is 5.96. The summed E-state index contributed by atoms with van der Waals surface area (Å²) in [6, 6.07) is 10.8. The Morgan fingerprint density at radius 1 is 1.07 bits per heavy atom. The zero-order valence-electron chi connectivity index (χ0n) is 16.0. The van der Waals surface area contributed by atoms with Gasteiger partial charge in [0.1, 0.15) is 5.76 Å². The summed E-state index contributed by atoms with van der Waals surface area (Å²) in [7, 11) is 0. The molecule has 1 N–H and O–H groups in total. The van der Waals surface area contributed by atoms with Gasteiger partial charge in [0, 0.05) is 31.6 Å². The minimum Gasteiger partial charge on any atom is -0.456 e. The van der Waals surface area contributed by atoms with Crippen LogP contribution in [0.1, 0.15) is 53.0 Å². The molecule has 27 heavy (non-hydrogen) atoms. The smallest absolute Gasteiger partial charge is 0.287 e. The molecule has 2 atom stereocenters. The van der Waals surface area contributed by atoms with E-state index < -0.39 is 0 Å². The van der Waals surface area contributed by atoms with Gasteiger partial charge in [0.2, 0.25) is 0 Å². The van der Waals surface area contributed by atoms with Gasteiger partial charge in [-0.3, -0.25) is 9.59 Å². The van der Waals surface area contributed by atoms with Crippen LogP contribution >= 0.6 is 0 Å². The van der Waals surface area contributed by atoms with Gasteiger partial charge in [-0.05, 0) is 43.7 Å². The first kappa shape index (κ1) is 19.2. The molecule has 1 fully saturated rings. The highest BCUT2D eigenvalue weighted by atomic mass is 16.5.